The second kappa shape index (κ2) is 14.1. The maximum absolute atomic E-state index is 15.4. The third kappa shape index (κ3) is 5.42. The summed E-state index contributed by atoms with van der Waals surface area (Å²) in [6.45, 7) is 6.54. The topological polar surface area (TPSA) is 134 Å². The van der Waals surface area contributed by atoms with Gasteiger partial charge in [-0.15, -0.1) is 0 Å². The highest BCUT2D eigenvalue weighted by Crippen LogP contribution is 2.68. The lowest BCUT2D eigenvalue weighted by molar-refractivity contribution is -0.228. The number of carbonyl (C=O) groups excluding carboxylic acids is 3. The van der Waals surface area contributed by atoms with Gasteiger partial charge in [0.1, 0.15) is 11.2 Å². The number of nitrogens with one attached hydrogen (secondary N) is 1. The second-order valence-corrected chi connectivity index (χ2v) is 19.4. The normalized spacial score (nSPS) is 35.4. The smallest absolute Gasteiger partial charge is 0.344 e. The number of aromatic amines is 1. The first-order chi connectivity index (χ1) is 28.5. The molecule has 15 heteroatoms. The van der Waals surface area contributed by atoms with Crippen LogP contribution in [0.1, 0.15) is 68.8 Å². The SMILES string of the molecule is CC[C@]12C=CCN3CC[C@@]4(c5cc([C@@]6(C(=O)OC)C[C@H]7C[C@@H](C(C)(F)F)CN(Cc8c6[nH]c6ccc(I)cc86)C7)c(OC)cc5N(C)[C@H]4[C@@](O)(C(=O)OC)[C@@H]1OC(C)=O)[C@@H]32. The van der Waals surface area contributed by atoms with Gasteiger partial charge in [-0.25, -0.2) is 13.6 Å². The van der Waals surface area contributed by atoms with Crippen LogP contribution in [0.25, 0.3) is 10.9 Å². The lowest BCUT2D eigenvalue weighted by atomic mass is 9.47. The maximum atomic E-state index is 15.4. The summed E-state index contributed by atoms with van der Waals surface area (Å²) in [7, 11) is 5.94. The zero-order valence-corrected chi connectivity index (χ0v) is 37.2. The van der Waals surface area contributed by atoms with Crippen molar-refractivity contribution in [2.24, 2.45) is 17.3 Å². The number of fused-ring (bicyclic) bond motifs is 6. The predicted molar refractivity (Wildman–Crippen MR) is 227 cm³/mol. The first-order valence-corrected chi connectivity index (χ1v) is 21.9. The quantitative estimate of drug-likeness (QED) is 0.131. The Kier molecular flexibility index (Phi) is 9.77. The maximum Gasteiger partial charge on any atom is 0.344 e. The number of hydrogen-bond donors (Lipinski definition) is 2. The number of anilines is 1. The Balaban J connectivity index is 1.36. The van der Waals surface area contributed by atoms with E-state index in [1.165, 1.54) is 28.3 Å². The fraction of sp³-hybridized carbons (Fsp3) is 0.578. The molecular formula is C45H53F2IN4O8. The Morgan fingerprint density at radius 3 is 2.47 bits per heavy atom. The highest BCUT2D eigenvalue weighted by molar-refractivity contribution is 14.1. The van der Waals surface area contributed by atoms with Crippen LogP contribution in [0.3, 0.4) is 0 Å². The zero-order chi connectivity index (χ0) is 42.9. The molecule has 6 heterocycles. The summed E-state index contributed by atoms with van der Waals surface area (Å²) in [5.41, 5.74) is -1.66. The molecule has 1 aromatic heterocycles. The van der Waals surface area contributed by atoms with Gasteiger partial charge in [0.25, 0.3) is 0 Å². The lowest BCUT2D eigenvalue weighted by Crippen LogP contribution is -2.81. The van der Waals surface area contributed by atoms with Crippen LogP contribution >= 0.6 is 22.6 Å². The lowest BCUT2D eigenvalue weighted by Gasteiger charge is -2.63. The summed E-state index contributed by atoms with van der Waals surface area (Å²) in [5, 5.41) is 14.2. The summed E-state index contributed by atoms with van der Waals surface area (Å²) in [6, 6.07) is 8.58. The van der Waals surface area contributed by atoms with E-state index in [9.17, 15) is 14.7 Å². The van der Waals surface area contributed by atoms with Gasteiger partial charge in [-0.1, -0.05) is 19.1 Å². The Morgan fingerprint density at radius 1 is 1.05 bits per heavy atom. The highest BCUT2D eigenvalue weighted by Gasteiger charge is 2.80. The average Bonchev–Trinajstić information content (AvgIpc) is 3.86. The van der Waals surface area contributed by atoms with Gasteiger partial charge in [0, 0.05) is 100 Å². The van der Waals surface area contributed by atoms with Crippen LogP contribution in [0, 0.1) is 20.8 Å². The van der Waals surface area contributed by atoms with Crippen LogP contribution in [0.15, 0.2) is 42.5 Å². The molecule has 9 rings (SSSR count). The molecule has 10 atom stereocenters. The number of ether oxygens (including phenoxy) is 4. The van der Waals surface area contributed by atoms with Crippen molar-refractivity contribution in [2.75, 3.05) is 59.5 Å². The van der Waals surface area contributed by atoms with Crippen molar-refractivity contribution in [3.63, 3.8) is 0 Å². The minimum atomic E-state index is -2.94. The molecule has 3 fully saturated rings. The molecule has 2 saturated heterocycles. The van der Waals surface area contributed by atoms with Crippen LogP contribution in [-0.2, 0) is 46.0 Å². The molecule has 2 bridgehead atoms. The van der Waals surface area contributed by atoms with Crippen LogP contribution in [0.4, 0.5) is 14.5 Å². The summed E-state index contributed by atoms with van der Waals surface area (Å²) in [5.74, 6) is -5.94. The third-order valence-electron chi connectivity index (χ3n) is 15.3. The predicted octanol–water partition coefficient (Wildman–Crippen LogP) is 5.68. The number of esters is 3. The molecule has 1 aliphatic carbocycles. The number of piperidine rings is 1. The average molecular weight is 943 g/mol. The van der Waals surface area contributed by atoms with E-state index in [1.807, 2.05) is 55.3 Å². The van der Waals surface area contributed by atoms with Crippen molar-refractivity contribution >= 4 is 57.1 Å². The van der Waals surface area contributed by atoms with E-state index in [-0.39, 0.29) is 31.3 Å². The van der Waals surface area contributed by atoms with Gasteiger partial charge in [-0.05, 0) is 103 Å². The fourth-order valence-electron chi connectivity index (χ4n) is 13.3. The Bertz CT molecular complexity index is 2330. The zero-order valence-electron chi connectivity index (χ0n) is 35.1. The van der Waals surface area contributed by atoms with E-state index in [1.54, 1.807) is 0 Å². The minimum absolute atomic E-state index is 0.152. The number of H-pyrrole nitrogens is 1. The number of alkyl halides is 2. The van der Waals surface area contributed by atoms with Gasteiger partial charge in [0.05, 0.1) is 27.4 Å². The molecule has 0 radical (unpaired) electrons. The van der Waals surface area contributed by atoms with Crippen LogP contribution < -0.4 is 9.64 Å². The number of benzene rings is 2. The molecule has 1 saturated carbocycles. The summed E-state index contributed by atoms with van der Waals surface area (Å²) in [6.07, 6.45) is 4.03. The number of carbonyl (C=O) groups is 3. The molecule has 12 nitrogen and oxygen atoms in total. The molecule has 60 heavy (non-hydrogen) atoms. The number of hydrogen-bond acceptors (Lipinski definition) is 11. The third-order valence-corrected chi connectivity index (χ3v) is 16.0. The van der Waals surface area contributed by atoms with Gasteiger partial charge >= 0.3 is 17.9 Å². The molecule has 322 valence electrons. The van der Waals surface area contributed by atoms with Crippen molar-refractivity contribution in [1.29, 1.82) is 0 Å². The van der Waals surface area contributed by atoms with Crippen molar-refractivity contribution in [2.45, 2.75) is 93.5 Å². The molecule has 5 aliphatic heterocycles. The number of aliphatic hydroxyl groups is 1. The highest BCUT2D eigenvalue weighted by atomic mass is 127. The number of rotatable bonds is 7. The van der Waals surface area contributed by atoms with Crippen LogP contribution in [0.5, 0.6) is 5.75 Å². The number of halogens is 3. The Hall–Kier alpha value is -3.80. The number of aromatic nitrogens is 1. The first kappa shape index (κ1) is 41.5. The van der Waals surface area contributed by atoms with Crippen LogP contribution in [-0.4, -0.2) is 122 Å². The molecule has 2 aromatic carbocycles. The molecular weight excluding hydrogens is 889 g/mol. The largest absolute Gasteiger partial charge is 0.496 e. The van der Waals surface area contributed by atoms with E-state index in [0.717, 1.165) is 32.5 Å². The summed E-state index contributed by atoms with van der Waals surface area (Å²) < 4.78 is 55.5. The van der Waals surface area contributed by atoms with Crippen molar-refractivity contribution in [1.82, 2.24) is 14.8 Å². The minimum Gasteiger partial charge on any atom is -0.496 e. The molecule has 3 aromatic rings. The van der Waals surface area contributed by atoms with Gasteiger partial charge in [0.15, 0.2) is 6.10 Å². The monoisotopic (exact) mass is 942 g/mol. The van der Waals surface area contributed by atoms with Gasteiger partial charge in [0.2, 0.25) is 11.5 Å². The number of likely N-dealkylation sites (N-methyl/N-ethyl adjacent to an activating group) is 1. The molecule has 6 aliphatic rings. The van der Waals surface area contributed by atoms with E-state index in [4.69, 9.17) is 18.9 Å². The number of methoxy groups -OCH3 is 3. The Morgan fingerprint density at radius 2 is 1.80 bits per heavy atom. The van der Waals surface area contributed by atoms with Crippen molar-refractivity contribution in [3.05, 3.63) is 68.4 Å². The second-order valence-electron chi connectivity index (χ2n) is 18.2. The van der Waals surface area contributed by atoms with E-state index >= 15 is 13.6 Å². The Labute approximate surface area is 362 Å². The summed E-state index contributed by atoms with van der Waals surface area (Å²) >= 11 is 2.27. The van der Waals surface area contributed by atoms with Crippen molar-refractivity contribution < 1.29 is 47.2 Å². The first-order valence-electron chi connectivity index (χ1n) is 20.8. The molecule has 1 spiro atoms. The number of nitrogens with zero attached hydrogens (tertiary/aromatic N) is 3. The van der Waals surface area contributed by atoms with E-state index in [0.29, 0.717) is 61.7 Å². The van der Waals surface area contributed by atoms with Gasteiger partial charge < -0.3 is 33.9 Å². The summed E-state index contributed by atoms with van der Waals surface area (Å²) in [4.78, 5) is 52.6. The molecule has 1 unspecified atom stereocenters. The molecule has 0 amide bonds. The fourth-order valence-corrected chi connectivity index (χ4v) is 13.7. The van der Waals surface area contributed by atoms with E-state index < -0.39 is 63.7 Å². The van der Waals surface area contributed by atoms with Crippen molar-refractivity contribution in [3.8, 4) is 5.75 Å². The molecule has 2 N–H and O–H groups in total. The van der Waals surface area contributed by atoms with E-state index in [2.05, 4.69) is 43.4 Å². The van der Waals surface area contributed by atoms with Gasteiger partial charge in [-0.3, -0.25) is 19.4 Å². The standard InChI is InChI=1S/C45H53F2IN4O8/c1-8-42-12-9-14-52-15-13-43(36(42)52)30-18-31(34(57-5)19-33(30)50(4)37(43)45(56,40(55)59-7)38(42)60-24(2)53)44(39(54)58-6)20-25-16-26(41(3,46)47)22-51(21-25)23-29-28-17-27(48)10-11-32(28)49-35(29)44/h9-12,17-19,25-26,36-38,49,56H,8,13-16,20-23H2,1-7H3/t25-,26-,36+,37-,38-,42-,43-,44+,45+/m1/s1. The van der Waals surface area contributed by atoms with Gasteiger partial charge in [-0.2, -0.15) is 0 Å². The van der Waals surface area contributed by atoms with Crippen LogP contribution in [0.2, 0.25) is 0 Å².